The quantitative estimate of drug-likeness (QED) is 0.945. The Labute approximate surface area is 132 Å². The first-order chi connectivity index (χ1) is 10.7. The third kappa shape index (κ3) is 2.78. The Kier molecular flexibility index (Phi) is 4.02. The third-order valence-electron chi connectivity index (χ3n) is 3.36. The van der Waals surface area contributed by atoms with Crippen LogP contribution in [0, 0.1) is 0 Å². The number of carbonyl (C=O) groups excluding carboxylic acids is 2. The molecule has 2 heterocycles. The largest absolute Gasteiger partial charge is 0.467 e. The Morgan fingerprint density at radius 1 is 1.32 bits per heavy atom. The van der Waals surface area contributed by atoms with Gasteiger partial charge in [0.2, 0.25) is 0 Å². The predicted octanol–water partition coefficient (Wildman–Crippen LogP) is 3.08. The molecule has 0 saturated carbocycles. The number of hydrogen-bond donors (Lipinski definition) is 1. The molecule has 1 aliphatic heterocycles. The average Bonchev–Trinajstić information content (AvgIpc) is 3.16. The van der Waals surface area contributed by atoms with Crippen LogP contribution in [0.1, 0.15) is 5.76 Å². The lowest BCUT2D eigenvalue weighted by atomic mass is 10.2. The van der Waals surface area contributed by atoms with Crippen molar-refractivity contribution in [2.75, 3.05) is 18.0 Å². The standard InChI is InChI=1S/C15H14ClN3O3/c16-12-5-1-2-6-13(12)19(10-11-4-3-9-22-11)15(21)18-8-7-17-14(18)20/h1-6,9H,7-8,10H2,(H,17,20). The Bertz CT molecular complexity index is 687. The summed E-state index contributed by atoms with van der Waals surface area (Å²) in [6.07, 6.45) is 1.53. The third-order valence-corrected chi connectivity index (χ3v) is 3.68. The van der Waals surface area contributed by atoms with E-state index in [1.165, 1.54) is 11.2 Å². The second-order valence-electron chi connectivity index (χ2n) is 4.78. The minimum atomic E-state index is -0.431. The molecule has 0 atom stereocenters. The van der Waals surface area contributed by atoms with Gasteiger partial charge in [0.25, 0.3) is 0 Å². The van der Waals surface area contributed by atoms with Crippen molar-refractivity contribution in [2.45, 2.75) is 6.54 Å². The molecule has 1 saturated heterocycles. The number of carbonyl (C=O) groups is 2. The summed E-state index contributed by atoms with van der Waals surface area (Å²) in [7, 11) is 0. The van der Waals surface area contributed by atoms with Gasteiger partial charge in [0.05, 0.1) is 23.5 Å². The van der Waals surface area contributed by atoms with Crippen LogP contribution in [0.3, 0.4) is 0 Å². The molecular weight excluding hydrogens is 306 g/mol. The molecule has 0 bridgehead atoms. The monoisotopic (exact) mass is 319 g/mol. The lowest BCUT2D eigenvalue weighted by Crippen LogP contribution is -2.44. The van der Waals surface area contributed by atoms with Gasteiger partial charge in [-0.1, -0.05) is 23.7 Å². The molecule has 4 amide bonds. The number of nitrogens with one attached hydrogen (secondary N) is 1. The summed E-state index contributed by atoms with van der Waals surface area (Å²) in [6.45, 7) is 0.970. The van der Waals surface area contributed by atoms with Crippen molar-refractivity contribution in [3.05, 3.63) is 53.4 Å². The van der Waals surface area contributed by atoms with Gasteiger partial charge < -0.3 is 9.73 Å². The summed E-state index contributed by atoms with van der Waals surface area (Å²) in [5, 5.41) is 3.05. The maximum atomic E-state index is 12.7. The van der Waals surface area contributed by atoms with Crippen molar-refractivity contribution in [1.29, 1.82) is 0 Å². The first-order valence-electron chi connectivity index (χ1n) is 6.80. The van der Waals surface area contributed by atoms with Crippen molar-refractivity contribution in [3.63, 3.8) is 0 Å². The molecule has 0 unspecified atom stereocenters. The second kappa shape index (κ2) is 6.11. The van der Waals surface area contributed by atoms with E-state index >= 15 is 0 Å². The first kappa shape index (κ1) is 14.5. The van der Waals surface area contributed by atoms with Gasteiger partial charge in [0.1, 0.15) is 5.76 Å². The normalized spacial score (nSPS) is 14.0. The van der Waals surface area contributed by atoms with Crippen LogP contribution in [0.5, 0.6) is 0 Å². The number of furan rings is 1. The number of imide groups is 1. The van der Waals surface area contributed by atoms with Gasteiger partial charge in [0.15, 0.2) is 0 Å². The summed E-state index contributed by atoms with van der Waals surface area (Å²) >= 11 is 6.20. The van der Waals surface area contributed by atoms with Crippen molar-refractivity contribution in [1.82, 2.24) is 10.2 Å². The molecule has 3 rings (SSSR count). The maximum absolute atomic E-state index is 12.7. The molecule has 22 heavy (non-hydrogen) atoms. The van der Waals surface area contributed by atoms with Crippen LogP contribution in [-0.4, -0.2) is 30.1 Å². The number of nitrogens with zero attached hydrogens (tertiary/aromatic N) is 2. The van der Waals surface area contributed by atoms with Crippen LogP contribution < -0.4 is 10.2 Å². The summed E-state index contributed by atoms with van der Waals surface area (Å²) in [5.74, 6) is 0.605. The van der Waals surface area contributed by atoms with E-state index in [0.717, 1.165) is 4.90 Å². The summed E-state index contributed by atoms with van der Waals surface area (Å²) in [4.78, 5) is 27.1. The molecule has 1 aromatic carbocycles. The predicted molar refractivity (Wildman–Crippen MR) is 81.8 cm³/mol. The van der Waals surface area contributed by atoms with Gasteiger partial charge in [0, 0.05) is 13.1 Å². The molecule has 6 nitrogen and oxygen atoms in total. The Morgan fingerprint density at radius 2 is 2.14 bits per heavy atom. The number of anilines is 1. The lowest BCUT2D eigenvalue weighted by molar-refractivity contribution is 0.202. The van der Waals surface area contributed by atoms with E-state index in [9.17, 15) is 9.59 Å². The van der Waals surface area contributed by atoms with Crippen molar-refractivity contribution in [2.24, 2.45) is 0 Å². The van der Waals surface area contributed by atoms with Gasteiger partial charge in [-0.25, -0.2) is 14.5 Å². The Hall–Kier alpha value is -2.47. The second-order valence-corrected chi connectivity index (χ2v) is 5.19. The number of para-hydroxylation sites is 1. The topological polar surface area (TPSA) is 65.8 Å². The van der Waals surface area contributed by atoms with Gasteiger partial charge >= 0.3 is 12.1 Å². The Balaban J connectivity index is 1.93. The van der Waals surface area contributed by atoms with E-state index in [1.54, 1.807) is 36.4 Å². The minimum Gasteiger partial charge on any atom is -0.467 e. The van der Waals surface area contributed by atoms with Crippen LogP contribution in [0.4, 0.5) is 15.3 Å². The molecule has 0 aliphatic carbocycles. The zero-order valence-corrected chi connectivity index (χ0v) is 12.4. The smallest absolute Gasteiger partial charge is 0.333 e. The molecule has 114 valence electrons. The van der Waals surface area contributed by atoms with Crippen molar-refractivity contribution >= 4 is 29.4 Å². The van der Waals surface area contributed by atoms with E-state index in [1.807, 2.05) is 0 Å². The summed E-state index contributed by atoms with van der Waals surface area (Å²) in [6, 6.07) is 9.67. The number of hydrogen-bond acceptors (Lipinski definition) is 3. The van der Waals surface area contributed by atoms with Crippen molar-refractivity contribution in [3.8, 4) is 0 Å². The number of rotatable bonds is 3. The lowest BCUT2D eigenvalue weighted by Gasteiger charge is -2.26. The molecule has 1 N–H and O–H groups in total. The molecule has 0 radical (unpaired) electrons. The summed E-state index contributed by atoms with van der Waals surface area (Å²) in [5.41, 5.74) is 0.533. The van der Waals surface area contributed by atoms with E-state index in [2.05, 4.69) is 5.32 Å². The Morgan fingerprint density at radius 3 is 2.77 bits per heavy atom. The highest BCUT2D eigenvalue weighted by Gasteiger charge is 2.32. The van der Waals surface area contributed by atoms with Crippen LogP contribution in [0.15, 0.2) is 47.1 Å². The molecule has 2 aromatic rings. The van der Waals surface area contributed by atoms with Crippen LogP contribution in [0.25, 0.3) is 0 Å². The minimum absolute atomic E-state index is 0.194. The molecule has 1 aromatic heterocycles. The van der Waals surface area contributed by atoms with Gasteiger partial charge in [-0.2, -0.15) is 0 Å². The van der Waals surface area contributed by atoms with E-state index < -0.39 is 12.1 Å². The van der Waals surface area contributed by atoms with Gasteiger partial charge in [-0.3, -0.25) is 4.90 Å². The fourth-order valence-electron chi connectivity index (χ4n) is 2.28. The fourth-order valence-corrected chi connectivity index (χ4v) is 2.52. The number of urea groups is 2. The van der Waals surface area contributed by atoms with Crippen molar-refractivity contribution < 1.29 is 14.0 Å². The number of benzene rings is 1. The fraction of sp³-hybridized carbons (Fsp3) is 0.200. The highest BCUT2D eigenvalue weighted by Crippen LogP contribution is 2.28. The molecule has 7 heteroatoms. The summed E-state index contributed by atoms with van der Waals surface area (Å²) < 4.78 is 5.31. The highest BCUT2D eigenvalue weighted by atomic mass is 35.5. The van der Waals surface area contributed by atoms with Crippen LogP contribution in [-0.2, 0) is 6.54 Å². The molecular formula is C15H14ClN3O3. The van der Waals surface area contributed by atoms with E-state index in [-0.39, 0.29) is 6.54 Å². The number of amides is 4. The van der Waals surface area contributed by atoms with E-state index in [0.29, 0.717) is 29.6 Å². The zero-order chi connectivity index (χ0) is 15.5. The molecule has 1 fully saturated rings. The molecule has 1 aliphatic rings. The SMILES string of the molecule is O=C1NCCN1C(=O)N(Cc1ccco1)c1ccccc1Cl. The first-order valence-corrected chi connectivity index (χ1v) is 7.18. The average molecular weight is 320 g/mol. The van der Waals surface area contributed by atoms with Gasteiger partial charge in [-0.15, -0.1) is 0 Å². The molecule has 0 spiro atoms. The highest BCUT2D eigenvalue weighted by molar-refractivity contribution is 6.33. The van der Waals surface area contributed by atoms with Crippen LogP contribution in [0.2, 0.25) is 5.02 Å². The number of halogens is 1. The zero-order valence-electron chi connectivity index (χ0n) is 11.7. The van der Waals surface area contributed by atoms with Gasteiger partial charge in [-0.05, 0) is 24.3 Å². The van der Waals surface area contributed by atoms with Crippen LogP contribution >= 0.6 is 11.6 Å². The van der Waals surface area contributed by atoms with E-state index in [4.69, 9.17) is 16.0 Å². The maximum Gasteiger partial charge on any atom is 0.333 e.